The molecule has 0 radical (unpaired) electrons. The molecule has 0 aliphatic rings. The van der Waals surface area contributed by atoms with Crippen molar-refractivity contribution in [2.45, 2.75) is 6.54 Å². The zero-order valence-corrected chi connectivity index (χ0v) is 11.4. The Kier molecular flexibility index (Phi) is 3.99. The van der Waals surface area contributed by atoms with Crippen molar-refractivity contribution in [3.8, 4) is 5.75 Å². The Hall–Kier alpha value is -1.82. The quantitative estimate of drug-likeness (QED) is 0.907. The Balaban J connectivity index is 2.08. The molecule has 3 N–H and O–H groups in total. The molecule has 0 atom stereocenters. The van der Waals surface area contributed by atoms with Crippen molar-refractivity contribution in [2.75, 3.05) is 18.2 Å². The van der Waals surface area contributed by atoms with E-state index in [0.29, 0.717) is 12.4 Å². The van der Waals surface area contributed by atoms with Crippen LogP contribution in [0.15, 0.2) is 34.9 Å². The summed E-state index contributed by atoms with van der Waals surface area (Å²) >= 11 is 3.36. The molecule has 0 saturated carbocycles. The summed E-state index contributed by atoms with van der Waals surface area (Å²) in [5.41, 5.74) is 6.63. The van der Waals surface area contributed by atoms with E-state index in [9.17, 15) is 0 Å². The highest BCUT2D eigenvalue weighted by Crippen LogP contribution is 2.20. The summed E-state index contributed by atoms with van der Waals surface area (Å²) in [6.07, 6.45) is 1.62. The fourth-order valence-corrected chi connectivity index (χ4v) is 1.80. The van der Waals surface area contributed by atoms with Crippen molar-refractivity contribution >= 4 is 27.7 Å². The summed E-state index contributed by atoms with van der Waals surface area (Å²) in [5.74, 6) is 1.74. The molecule has 18 heavy (non-hydrogen) atoms. The molecular weight excluding hydrogens is 296 g/mol. The smallest absolute Gasteiger partial charge is 0.221 e. The van der Waals surface area contributed by atoms with Gasteiger partial charge in [0.05, 0.1) is 11.6 Å². The highest BCUT2D eigenvalue weighted by atomic mass is 79.9. The van der Waals surface area contributed by atoms with E-state index >= 15 is 0 Å². The second-order valence-corrected chi connectivity index (χ2v) is 4.48. The van der Waals surface area contributed by atoms with E-state index in [0.717, 1.165) is 15.8 Å². The molecule has 0 bridgehead atoms. The third-order valence-electron chi connectivity index (χ3n) is 2.36. The molecule has 94 valence electrons. The van der Waals surface area contributed by atoms with Crippen LogP contribution in [0.4, 0.5) is 11.8 Å². The number of nitrogens with zero attached hydrogens (tertiary/aromatic N) is 2. The molecule has 1 aromatic heterocycles. The Bertz CT molecular complexity index is 547. The van der Waals surface area contributed by atoms with Gasteiger partial charge in [0.1, 0.15) is 11.6 Å². The zero-order chi connectivity index (χ0) is 13.0. The summed E-state index contributed by atoms with van der Waals surface area (Å²) in [5, 5.41) is 3.19. The maximum absolute atomic E-state index is 5.54. The first kappa shape index (κ1) is 12.6. The number of rotatable bonds is 4. The van der Waals surface area contributed by atoms with Crippen molar-refractivity contribution in [2.24, 2.45) is 0 Å². The molecule has 2 aromatic rings. The van der Waals surface area contributed by atoms with E-state index in [4.69, 9.17) is 10.5 Å². The molecule has 1 aromatic carbocycles. The van der Waals surface area contributed by atoms with E-state index in [1.54, 1.807) is 13.3 Å². The third-order valence-corrected chi connectivity index (χ3v) is 2.94. The minimum atomic E-state index is 0.242. The van der Waals surface area contributed by atoms with Crippen molar-refractivity contribution in [1.82, 2.24) is 9.97 Å². The van der Waals surface area contributed by atoms with Gasteiger partial charge in [-0.25, -0.2) is 4.98 Å². The molecule has 1 heterocycles. The van der Waals surface area contributed by atoms with Crippen LogP contribution in [0.5, 0.6) is 5.75 Å². The molecule has 0 unspecified atom stereocenters. The van der Waals surface area contributed by atoms with Gasteiger partial charge in [0.25, 0.3) is 0 Å². The molecular formula is C12H13BrN4O. The topological polar surface area (TPSA) is 73.1 Å². The summed E-state index contributed by atoms with van der Waals surface area (Å²) < 4.78 is 5.94. The van der Waals surface area contributed by atoms with Gasteiger partial charge in [-0.15, -0.1) is 0 Å². The first-order valence-corrected chi connectivity index (χ1v) is 6.13. The molecule has 0 spiro atoms. The van der Waals surface area contributed by atoms with Crippen LogP contribution >= 0.6 is 15.9 Å². The monoisotopic (exact) mass is 308 g/mol. The lowest BCUT2D eigenvalue weighted by Gasteiger charge is -2.08. The minimum absolute atomic E-state index is 0.242. The lowest BCUT2D eigenvalue weighted by Crippen LogP contribution is -2.05. The number of ether oxygens (including phenoxy) is 1. The highest BCUT2D eigenvalue weighted by Gasteiger charge is 2.03. The Labute approximate surface area is 114 Å². The number of methoxy groups -OCH3 is 1. The number of nitrogens with two attached hydrogens (primary N) is 1. The number of nitrogens with one attached hydrogen (secondary N) is 1. The summed E-state index contributed by atoms with van der Waals surface area (Å²) in [4.78, 5) is 7.99. The number of halogens is 1. The second kappa shape index (κ2) is 5.68. The van der Waals surface area contributed by atoms with Gasteiger partial charge in [0.15, 0.2) is 0 Å². The highest BCUT2D eigenvalue weighted by molar-refractivity contribution is 9.10. The number of anilines is 2. The number of hydrogen-bond donors (Lipinski definition) is 2. The number of nitrogen functional groups attached to an aromatic ring is 1. The number of hydrogen-bond acceptors (Lipinski definition) is 5. The normalized spacial score (nSPS) is 10.1. The number of aromatic nitrogens is 2. The van der Waals surface area contributed by atoms with Gasteiger partial charge >= 0.3 is 0 Å². The zero-order valence-electron chi connectivity index (χ0n) is 9.85. The first-order chi connectivity index (χ1) is 8.69. The van der Waals surface area contributed by atoms with E-state index in [1.165, 1.54) is 0 Å². The average Bonchev–Trinajstić information content (AvgIpc) is 2.40. The SMILES string of the molecule is COc1cccc(CNc2nc(N)ncc2Br)c1. The van der Waals surface area contributed by atoms with Gasteiger partial charge in [-0.2, -0.15) is 4.98 Å². The molecule has 0 aliphatic heterocycles. The van der Waals surface area contributed by atoms with Crippen molar-refractivity contribution in [1.29, 1.82) is 0 Å². The van der Waals surface area contributed by atoms with Crippen LogP contribution in [0.2, 0.25) is 0 Å². The van der Waals surface area contributed by atoms with Crippen molar-refractivity contribution in [3.05, 3.63) is 40.5 Å². The molecule has 6 heteroatoms. The largest absolute Gasteiger partial charge is 0.497 e. The third kappa shape index (κ3) is 3.10. The summed E-state index contributed by atoms with van der Waals surface area (Å²) in [6, 6.07) is 7.82. The lowest BCUT2D eigenvalue weighted by molar-refractivity contribution is 0.414. The van der Waals surface area contributed by atoms with Crippen LogP contribution in [0, 0.1) is 0 Å². The average molecular weight is 309 g/mol. The lowest BCUT2D eigenvalue weighted by atomic mass is 10.2. The summed E-state index contributed by atoms with van der Waals surface area (Å²) in [6.45, 7) is 0.631. The van der Waals surface area contributed by atoms with Crippen molar-refractivity contribution in [3.63, 3.8) is 0 Å². The molecule has 0 fully saturated rings. The molecule has 5 nitrogen and oxygen atoms in total. The van der Waals surface area contributed by atoms with Gasteiger partial charge in [-0.05, 0) is 33.6 Å². The second-order valence-electron chi connectivity index (χ2n) is 3.63. The van der Waals surface area contributed by atoms with Gasteiger partial charge in [-0.1, -0.05) is 12.1 Å². The van der Waals surface area contributed by atoms with Gasteiger partial charge in [-0.3, -0.25) is 0 Å². The summed E-state index contributed by atoms with van der Waals surface area (Å²) in [7, 11) is 1.65. The standard InChI is InChI=1S/C12H13BrN4O/c1-18-9-4-2-3-8(5-9)6-15-11-10(13)7-16-12(14)17-11/h2-5,7H,6H2,1H3,(H3,14,15,16,17). The van der Waals surface area contributed by atoms with E-state index in [-0.39, 0.29) is 5.95 Å². The first-order valence-electron chi connectivity index (χ1n) is 5.34. The fourth-order valence-electron chi connectivity index (χ4n) is 1.47. The van der Waals surface area contributed by atoms with E-state index in [1.807, 2.05) is 24.3 Å². The van der Waals surface area contributed by atoms with Crippen LogP contribution in [-0.2, 0) is 6.54 Å². The molecule has 0 aliphatic carbocycles. The molecule has 0 amide bonds. The Morgan fingerprint density at radius 2 is 2.28 bits per heavy atom. The van der Waals surface area contributed by atoms with Crippen LogP contribution in [0.25, 0.3) is 0 Å². The van der Waals surface area contributed by atoms with Crippen LogP contribution in [0.1, 0.15) is 5.56 Å². The number of benzene rings is 1. The fraction of sp³-hybridized carbons (Fsp3) is 0.167. The van der Waals surface area contributed by atoms with E-state index in [2.05, 4.69) is 31.2 Å². The van der Waals surface area contributed by atoms with Crippen LogP contribution < -0.4 is 15.8 Å². The van der Waals surface area contributed by atoms with Gasteiger partial charge in [0, 0.05) is 12.7 Å². The van der Waals surface area contributed by atoms with Crippen LogP contribution in [-0.4, -0.2) is 17.1 Å². The predicted octanol–water partition coefficient (Wildman–Crippen LogP) is 2.44. The van der Waals surface area contributed by atoms with E-state index < -0.39 is 0 Å². The Morgan fingerprint density at radius 3 is 3.06 bits per heavy atom. The van der Waals surface area contributed by atoms with Crippen LogP contribution in [0.3, 0.4) is 0 Å². The molecule has 0 saturated heterocycles. The maximum Gasteiger partial charge on any atom is 0.221 e. The molecule has 2 rings (SSSR count). The maximum atomic E-state index is 5.54. The Morgan fingerprint density at radius 1 is 1.44 bits per heavy atom. The van der Waals surface area contributed by atoms with Crippen molar-refractivity contribution < 1.29 is 4.74 Å². The van der Waals surface area contributed by atoms with Gasteiger partial charge < -0.3 is 15.8 Å². The van der Waals surface area contributed by atoms with Gasteiger partial charge in [0.2, 0.25) is 5.95 Å². The predicted molar refractivity (Wildman–Crippen MR) is 74.5 cm³/mol. The minimum Gasteiger partial charge on any atom is -0.497 e.